The van der Waals surface area contributed by atoms with Crippen LogP contribution in [0.3, 0.4) is 0 Å². The van der Waals surface area contributed by atoms with E-state index in [0.717, 1.165) is 22.7 Å². The van der Waals surface area contributed by atoms with Crippen LogP contribution in [-0.2, 0) is 20.7 Å². The number of nitrogens with one attached hydrogen (secondary N) is 3. The second-order valence-corrected chi connectivity index (χ2v) is 11.7. The number of carbonyl (C=O) groups is 3. The van der Waals surface area contributed by atoms with Crippen molar-refractivity contribution in [2.24, 2.45) is 5.92 Å². The van der Waals surface area contributed by atoms with Crippen LogP contribution in [0.1, 0.15) is 71.9 Å². The molecule has 0 saturated heterocycles. The minimum atomic E-state index is -1.40. The van der Waals surface area contributed by atoms with Gasteiger partial charge in [-0.05, 0) is 88.8 Å². The first-order chi connectivity index (χ1) is 20.2. The number of alkyl carbamates (subject to hydrolysis) is 1. The first-order valence-corrected chi connectivity index (χ1v) is 15.3. The average molecular weight is 673 g/mol. The smallest absolute Gasteiger partial charge is 0.407 e. The summed E-state index contributed by atoms with van der Waals surface area (Å²) in [6.45, 7) is 13.4. The van der Waals surface area contributed by atoms with Crippen molar-refractivity contribution >= 4 is 33.8 Å². The van der Waals surface area contributed by atoms with Gasteiger partial charge in [0.25, 0.3) is 5.91 Å². The summed E-state index contributed by atoms with van der Waals surface area (Å²) in [5.74, 6) is -1.96. The van der Waals surface area contributed by atoms with Crippen molar-refractivity contribution in [3.8, 4) is 0 Å². The van der Waals surface area contributed by atoms with Gasteiger partial charge in [-0.2, -0.15) is 0 Å². The Bertz CT molecular complexity index is 1090. The molecule has 242 valence electrons. The Hall–Kier alpha value is -3.05. The number of hydrogen-bond acceptors (Lipinski definition) is 5. The molecule has 0 saturated carbocycles. The third-order valence-electron chi connectivity index (χ3n) is 5.49. The molecule has 2 aromatic rings. The third kappa shape index (κ3) is 20.5. The molecule has 0 spiro atoms. The van der Waals surface area contributed by atoms with Gasteiger partial charge >= 0.3 is 6.09 Å². The topological polar surface area (TPSA) is 117 Å². The summed E-state index contributed by atoms with van der Waals surface area (Å²) in [6, 6.07) is 11.5. The van der Waals surface area contributed by atoms with Gasteiger partial charge in [0.1, 0.15) is 23.3 Å². The number of benzene rings is 2. The van der Waals surface area contributed by atoms with E-state index in [2.05, 4.69) is 50.9 Å². The van der Waals surface area contributed by atoms with Gasteiger partial charge in [0.15, 0.2) is 0 Å². The maximum Gasteiger partial charge on any atom is 0.407 e. The molecule has 0 fully saturated rings. The average Bonchev–Trinajstić information content (AvgIpc) is 2.93. The Morgan fingerprint density at radius 3 is 2.09 bits per heavy atom. The Morgan fingerprint density at radius 2 is 1.53 bits per heavy atom. The zero-order chi connectivity index (χ0) is 33.0. The van der Waals surface area contributed by atoms with Crippen molar-refractivity contribution in [1.29, 1.82) is 0 Å². The van der Waals surface area contributed by atoms with Gasteiger partial charge in [0, 0.05) is 24.0 Å². The van der Waals surface area contributed by atoms with Crippen molar-refractivity contribution in [3.05, 3.63) is 69.7 Å². The van der Waals surface area contributed by atoms with Gasteiger partial charge in [-0.15, -0.1) is 0 Å². The van der Waals surface area contributed by atoms with Gasteiger partial charge in [0.05, 0.1) is 6.54 Å². The van der Waals surface area contributed by atoms with Gasteiger partial charge in [0.2, 0.25) is 5.91 Å². The SMILES string of the molecule is CC.CC(CC(=O)NCCCCNC(=O)[C@@H](O)CNC(=O)OC(C)(C)C)Cc1cc(F)ccc1F.Cc1ccc(Br)cc1. The van der Waals surface area contributed by atoms with Gasteiger partial charge < -0.3 is 25.8 Å². The first-order valence-electron chi connectivity index (χ1n) is 14.5. The molecule has 0 aromatic heterocycles. The summed E-state index contributed by atoms with van der Waals surface area (Å²) in [7, 11) is 0. The third-order valence-corrected chi connectivity index (χ3v) is 6.02. The lowest BCUT2D eigenvalue weighted by Gasteiger charge is -2.20. The number of unbranched alkanes of at least 4 members (excludes halogenated alkanes) is 1. The molecule has 8 nitrogen and oxygen atoms in total. The number of aliphatic hydroxyl groups is 1. The van der Waals surface area contributed by atoms with E-state index in [1.165, 1.54) is 5.56 Å². The molecule has 0 aliphatic heterocycles. The number of carbonyl (C=O) groups excluding carboxylic acids is 3. The summed E-state index contributed by atoms with van der Waals surface area (Å²) in [6.07, 6.45) is -0.507. The highest BCUT2D eigenvalue weighted by Crippen LogP contribution is 2.16. The quantitative estimate of drug-likeness (QED) is 0.200. The van der Waals surface area contributed by atoms with Crippen LogP contribution < -0.4 is 16.0 Å². The van der Waals surface area contributed by atoms with Gasteiger partial charge in [-0.1, -0.05) is 54.4 Å². The lowest BCUT2D eigenvalue weighted by Crippen LogP contribution is -2.44. The van der Waals surface area contributed by atoms with Crippen LogP contribution in [0.15, 0.2) is 46.9 Å². The van der Waals surface area contributed by atoms with Crippen LogP contribution in [0.5, 0.6) is 0 Å². The molecule has 3 amide bonds. The zero-order valence-corrected chi connectivity index (χ0v) is 27.9. The van der Waals surface area contributed by atoms with Crippen LogP contribution in [-0.4, -0.2) is 54.4 Å². The minimum Gasteiger partial charge on any atom is -0.444 e. The molecule has 0 aliphatic carbocycles. The summed E-state index contributed by atoms with van der Waals surface area (Å²) in [4.78, 5) is 35.4. The summed E-state index contributed by atoms with van der Waals surface area (Å²) in [5.41, 5.74) is 0.868. The standard InChI is InChI=1S/C23H35F2N3O5.C7H7Br.C2H6/c1-15(11-16-13-17(24)7-8-18(16)25)12-20(30)26-9-5-6-10-27-21(31)19(29)14-28-22(32)33-23(2,3)4;1-6-2-4-7(8)5-3-6;1-2/h7-8,13,15,19,29H,5-6,9-12,14H2,1-4H3,(H,26,30)(H,27,31)(H,28,32);2-5H,1H3;1-2H3/t15?,19-;;/m0../s1. The number of rotatable bonds is 12. The van der Waals surface area contributed by atoms with E-state index >= 15 is 0 Å². The van der Waals surface area contributed by atoms with Crippen molar-refractivity contribution in [2.75, 3.05) is 19.6 Å². The number of aliphatic hydroxyl groups excluding tert-OH is 1. The highest BCUT2D eigenvalue weighted by atomic mass is 79.9. The van der Waals surface area contributed by atoms with Crippen molar-refractivity contribution in [3.63, 3.8) is 0 Å². The molecule has 1 unspecified atom stereocenters. The second kappa shape index (κ2) is 21.6. The predicted molar refractivity (Wildman–Crippen MR) is 170 cm³/mol. The summed E-state index contributed by atoms with van der Waals surface area (Å²) >= 11 is 3.35. The monoisotopic (exact) mass is 671 g/mol. The number of aryl methyl sites for hydroxylation is 1. The lowest BCUT2D eigenvalue weighted by molar-refractivity contribution is -0.129. The van der Waals surface area contributed by atoms with Crippen molar-refractivity contribution < 1.29 is 33.0 Å². The highest BCUT2D eigenvalue weighted by Gasteiger charge is 2.19. The number of halogens is 3. The molecular formula is C32H48BrF2N3O5. The lowest BCUT2D eigenvalue weighted by atomic mass is 9.97. The van der Waals surface area contributed by atoms with E-state index in [9.17, 15) is 28.3 Å². The van der Waals surface area contributed by atoms with Gasteiger partial charge in [-0.25, -0.2) is 13.6 Å². The minimum absolute atomic E-state index is 0.156. The first kappa shape index (κ1) is 40.0. The normalized spacial score (nSPS) is 11.9. The summed E-state index contributed by atoms with van der Waals surface area (Å²) < 4.78 is 33.1. The molecule has 0 bridgehead atoms. The molecule has 0 radical (unpaired) electrons. The zero-order valence-electron chi connectivity index (χ0n) is 26.4. The van der Waals surface area contributed by atoms with Crippen LogP contribution in [0.25, 0.3) is 0 Å². The van der Waals surface area contributed by atoms with E-state index < -0.39 is 35.3 Å². The van der Waals surface area contributed by atoms with E-state index in [1.54, 1.807) is 27.7 Å². The van der Waals surface area contributed by atoms with Crippen molar-refractivity contribution in [2.45, 2.75) is 85.9 Å². The van der Waals surface area contributed by atoms with E-state index in [4.69, 9.17) is 4.74 Å². The Labute approximate surface area is 263 Å². The molecule has 2 rings (SSSR count). The second-order valence-electron chi connectivity index (χ2n) is 10.8. The Kier molecular flexibility index (Phi) is 20.1. The van der Waals surface area contributed by atoms with Crippen LogP contribution in [0, 0.1) is 24.5 Å². The predicted octanol–water partition coefficient (Wildman–Crippen LogP) is 6.22. The van der Waals surface area contributed by atoms with E-state index in [-0.39, 0.29) is 36.8 Å². The fraction of sp³-hybridized carbons (Fsp3) is 0.531. The van der Waals surface area contributed by atoms with E-state index in [1.807, 2.05) is 26.0 Å². The number of hydrogen-bond donors (Lipinski definition) is 4. The molecule has 43 heavy (non-hydrogen) atoms. The summed E-state index contributed by atoms with van der Waals surface area (Å²) in [5, 5.41) is 17.4. The fourth-order valence-corrected chi connectivity index (χ4v) is 3.73. The maximum atomic E-state index is 13.7. The van der Waals surface area contributed by atoms with Crippen LogP contribution in [0.2, 0.25) is 0 Å². The van der Waals surface area contributed by atoms with Crippen LogP contribution >= 0.6 is 15.9 Å². The van der Waals surface area contributed by atoms with Gasteiger partial charge in [-0.3, -0.25) is 9.59 Å². The van der Waals surface area contributed by atoms with E-state index in [0.29, 0.717) is 25.9 Å². The van der Waals surface area contributed by atoms with Crippen molar-refractivity contribution in [1.82, 2.24) is 16.0 Å². The molecule has 0 aliphatic rings. The molecular weight excluding hydrogens is 624 g/mol. The molecule has 0 heterocycles. The largest absolute Gasteiger partial charge is 0.444 e. The fourth-order valence-electron chi connectivity index (χ4n) is 3.46. The molecule has 4 N–H and O–H groups in total. The Morgan fingerprint density at radius 1 is 0.953 bits per heavy atom. The number of amides is 3. The molecule has 2 aromatic carbocycles. The number of ether oxygens (including phenoxy) is 1. The molecule has 11 heteroatoms. The maximum absolute atomic E-state index is 13.7. The highest BCUT2D eigenvalue weighted by molar-refractivity contribution is 9.10. The Balaban J connectivity index is 0.00000149. The van der Waals surface area contributed by atoms with Crippen LogP contribution in [0.4, 0.5) is 13.6 Å². The molecule has 2 atom stereocenters.